The van der Waals surface area contributed by atoms with Crippen LogP contribution in [0.5, 0.6) is 0 Å². The number of carbonyl (C=O) groups excluding carboxylic acids is 1. The average Bonchev–Trinajstić information content (AvgIpc) is 3.00. The van der Waals surface area contributed by atoms with Crippen molar-refractivity contribution in [3.63, 3.8) is 0 Å². The molecule has 24 heavy (non-hydrogen) atoms. The maximum Gasteiger partial charge on any atom is 0.275 e. The fourth-order valence-corrected chi connectivity index (χ4v) is 2.91. The Labute approximate surface area is 140 Å². The quantitative estimate of drug-likeness (QED) is 0.634. The molecule has 3 rings (SSSR count). The molecule has 124 valence electrons. The molecule has 0 unspecified atom stereocenters. The molecule has 0 spiro atoms. The number of unbranched alkanes of at least 4 members (excludes halogenated alkanes) is 1. The second-order valence-electron chi connectivity index (χ2n) is 5.81. The van der Waals surface area contributed by atoms with Crippen molar-refractivity contribution in [2.45, 2.75) is 33.2 Å². The van der Waals surface area contributed by atoms with Crippen LogP contribution >= 0.6 is 0 Å². The minimum Gasteiger partial charge on any atom is -0.336 e. The van der Waals surface area contributed by atoms with E-state index in [1.54, 1.807) is 38.7 Å². The molecule has 6 heteroatoms. The second kappa shape index (κ2) is 6.75. The molecule has 0 fully saturated rings. The number of hydrogen-bond acceptors (Lipinski definition) is 3. The van der Waals surface area contributed by atoms with Crippen LogP contribution in [0.1, 0.15) is 35.9 Å². The summed E-state index contributed by atoms with van der Waals surface area (Å²) >= 11 is 0. The number of fused-ring (bicyclic) bond motifs is 1. The van der Waals surface area contributed by atoms with Gasteiger partial charge in [0.1, 0.15) is 11.4 Å². The number of aryl methyl sites for hydroxylation is 1. The molecule has 0 radical (unpaired) electrons. The van der Waals surface area contributed by atoms with Gasteiger partial charge in [-0.3, -0.25) is 9.59 Å². The minimum absolute atomic E-state index is 0.0869. The van der Waals surface area contributed by atoms with E-state index in [4.69, 9.17) is 0 Å². The Bertz CT molecular complexity index is 882. The molecule has 1 aliphatic heterocycles. The number of pyridine rings is 1. The fourth-order valence-electron chi connectivity index (χ4n) is 2.91. The van der Waals surface area contributed by atoms with Crippen LogP contribution in [0.2, 0.25) is 0 Å². The second-order valence-corrected chi connectivity index (χ2v) is 5.81. The summed E-state index contributed by atoms with van der Waals surface area (Å²) in [6, 6.07) is 3.42. The van der Waals surface area contributed by atoms with Crippen molar-refractivity contribution in [3.8, 4) is 17.5 Å². The van der Waals surface area contributed by atoms with Gasteiger partial charge in [-0.05, 0) is 32.4 Å². The lowest BCUT2D eigenvalue weighted by atomic mass is 10.2. The Balaban J connectivity index is 1.85. The van der Waals surface area contributed by atoms with Crippen LogP contribution in [0.15, 0.2) is 29.5 Å². The lowest BCUT2D eigenvalue weighted by Gasteiger charge is -2.29. The molecule has 0 N–H and O–H groups in total. The Morgan fingerprint density at radius 3 is 2.79 bits per heavy atom. The van der Waals surface area contributed by atoms with E-state index in [0.717, 1.165) is 18.5 Å². The van der Waals surface area contributed by atoms with Gasteiger partial charge in [0.05, 0.1) is 12.0 Å². The van der Waals surface area contributed by atoms with Gasteiger partial charge >= 0.3 is 0 Å². The molecule has 1 aliphatic rings. The molecular formula is C18H20N4O2. The van der Waals surface area contributed by atoms with E-state index in [1.165, 1.54) is 0 Å². The SMILES string of the molecule is CC#CCCCN1CCn2c(ccc(-n3cnc(C)c3)c2=O)C1=O. The van der Waals surface area contributed by atoms with Gasteiger partial charge in [-0.15, -0.1) is 11.8 Å². The first-order valence-corrected chi connectivity index (χ1v) is 8.05. The van der Waals surface area contributed by atoms with Crippen molar-refractivity contribution < 1.29 is 4.79 Å². The molecule has 3 heterocycles. The number of rotatable bonds is 4. The van der Waals surface area contributed by atoms with Gasteiger partial charge in [0.25, 0.3) is 11.5 Å². The summed E-state index contributed by atoms with van der Waals surface area (Å²) in [5, 5.41) is 0. The van der Waals surface area contributed by atoms with E-state index < -0.39 is 0 Å². The summed E-state index contributed by atoms with van der Waals surface area (Å²) in [6.45, 7) is 5.42. The van der Waals surface area contributed by atoms with Crippen LogP contribution in [0.3, 0.4) is 0 Å². The zero-order chi connectivity index (χ0) is 17.1. The minimum atomic E-state index is -0.158. The maximum absolute atomic E-state index is 12.7. The molecule has 0 saturated heterocycles. The third-order valence-corrected chi connectivity index (χ3v) is 4.15. The van der Waals surface area contributed by atoms with E-state index in [0.29, 0.717) is 31.0 Å². The van der Waals surface area contributed by atoms with Crippen LogP contribution < -0.4 is 5.56 Å². The van der Waals surface area contributed by atoms with Crippen molar-refractivity contribution in [2.24, 2.45) is 0 Å². The highest BCUT2D eigenvalue weighted by atomic mass is 16.2. The molecule has 0 bridgehead atoms. The largest absolute Gasteiger partial charge is 0.336 e. The highest BCUT2D eigenvalue weighted by Crippen LogP contribution is 2.13. The molecule has 6 nitrogen and oxygen atoms in total. The Hall–Kier alpha value is -2.81. The number of carbonyl (C=O) groups is 1. The molecule has 1 amide bonds. The number of hydrogen-bond donors (Lipinski definition) is 0. The number of imidazole rings is 1. The fraction of sp³-hybridized carbons (Fsp3) is 0.389. The number of amides is 1. The molecule has 2 aromatic rings. The van der Waals surface area contributed by atoms with E-state index >= 15 is 0 Å². The predicted octanol–water partition coefficient (Wildman–Crippen LogP) is 1.60. The van der Waals surface area contributed by atoms with Gasteiger partial charge in [-0.1, -0.05) is 0 Å². The van der Waals surface area contributed by atoms with E-state index in [-0.39, 0.29) is 11.5 Å². The third kappa shape index (κ3) is 2.98. The van der Waals surface area contributed by atoms with Crippen LogP contribution in [-0.2, 0) is 6.54 Å². The summed E-state index contributed by atoms with van der Waals surface area (Å²) in [6.07, 6.45) is 5.05. The van der Waals surface area contributed by atoms with Crippen molar-refractivity contribution in [2.75, 3.05) is 13.1 Å². The number of aromatic nitrogens is 3. The molecular weight excluding hydrogens is 304 g/mol. The first-order chi connectivity index (χ1) is 11.6. The van der Waals surface area contributed by atoms with Crippen molar-refractivity contribution in [3.05, 3.63) is 46.4 Å². The van der Waals surface area contributed by atoms with Crippen molar-refractivity contribution >= 4 is 5.91 Å². The van der Waals surface area contributed by atoms with Crippen molar-refractivity contribution in [1.29, 1.82) is 0 Å². The van der Waals surface area contributed by atoms with Gasteiger partial charge in [0.15, 0.2) is 0 Å². The van der Waals surface area contributed by atoms with Crippen LogP contribution in [0.25, 0.3) is 5.69 Å². The summed E-state index contributed by atoms with van der Waals surface area (Å²) in [5.41, 5.74) is 1.65. The van der Waals surface area contributed by atoms with Crippen LogP contribution in [-0.4, -0.2) is 38.0 Å². The normalized spacial score (nSPS) is 13.4. The van der Waals surface area contributed by atoms with E-state index in [1.807, 2.05) is 13.8 Å². The predicted molar refractivity (Wildman–Crippen MR) is 91.1 cm³/mol. The Morgan fingerprint density at radius 2 is 2.08 bits per heavy atom. The lowest BCUT2D eigenvalue weighted by Crippen LogP contribution is -2.45. The maximum atomic E-state index is 12.7. The van der Waals surface area contributed by atoms with Gasteiger partial charge in [0, 0.05) is 32.3 Å². The van der Waals surface area contributed by atoms with E-state index in [9.17, 15) is 9.59 Å². The zero-order valence-electron chi connectivity index (χ0n) is 14.0. The standard InChI is InChI=1S/C18H20N4O2/c1-3-4-5-6-9-20-10-11-22-16(17(20)23)8-7-15(18(22)24)21-12-14(2)19-13-21/h7-8,12-13H,5-6,9-11H2,1-2H3. The summed E-state index contributed by atoms with van der Waals surface area (Å²) < 4.78 is 3.26. The molecule has 0 atom stereocenters. The zero-order valence-corrected chi connectivity index (χ0v) is 14.0. The summed E-state index contributed by atoms with van der Waals surface area (Å²) in [5.74, 6) is 5.78. The summed E-state index contributed by atoms with van der Waals surface area (Å²) in [4.78, 5) is 31.2. The monoisotopic (exact) mass is 324 g/mol. The highest BCUT2D eigenvalue weighted by Gasteiger charge is 2.25. The Morgan fingerprint density at radius 1 is 1.25 bits per heavy atom. The smallest absolute Gasteiger partial charge is 0.275 e. The topological polar surface area (TPSA) is 60.1 Å². The van der Waals surface area contributed by atoms with E-state index in [2.05, 4.69) is 16.8 Å². The highest BCUT2D eigenvalue weighted by molar-refractivity contribution is 5.93. The van der Waals surface area contributed by atoms with Gasteiger partial charge < -0.3 is 14.0 Å². The molecule has 2 aromatic heterocycles. The third-order valence-electron chi connectivity index (χ3n) is 4.15. The average molecular weight is 324 g/mol. The molecule has 0 saturated carbocycles. The first-order valence-electron chi connectivity index (χ1n) is 8.05. The van der Waals surface area contributed by atoms with Gasteiger partial charge in [0.2, 0.25) is 0 Å². The van der Waals surface area contributed by atoms with Crippen molar-refractivity contribution in [1.82, 2.24) is 19.0 Å². The lowest BCUT2D eigenvalue weighted by molar-refractivity contribution is 0.0699. The number of nitrogens with zero attached hydrogens (tertiary/aromatic N) is 4. The molecule has 0 aromatic carbocycles. The van der Waals surface area contributed by atoms with Gasteiger partial charge in [-0.2, -0.15) is 0 Å². The van der Waals surface area contributed by atoms with Crippen LogP contribution in [0, 0.1) is 18.8 Å². The van der Waals surface area contributed by atoms with Crippen LogP contribution in [0.4, 0.5) is 0 Å². The summed E-state index contributed by atoms with van der Waals surface area (Å²) in [7, 11) is 0. The Kier molecular flexibility index (Phi) is 4.52. The molecule has 0 aliphatic carbocycles. The van der Waals surface area contributed by atoms with Gasteiger partial charge in [-0.25, -0.2) is 4.98 Å². The first kappa shape index (κ1) is 16.1.